The van der Waals surface area contributed by atoms with Crippen LogP contribution in [-0.2, 0) is 11.3 Å². The highest BCUT2D eigenvalue weighted by atomic mass is 16.6. The Bertz CT molecular complexity index is 1020. The first-order chi connectivity index (χ1) is 12.8. The smallest absolute Gasteiger partial charge is 0.271 e. The molecule has 2 aromatic carbocycles. The summed E-state index contributed by atoms with van der Waals surface area (Å²) in [5.74, 6) is -0.462. The zero-order valence-electron chi connectivity index (χ0n) is 14.7. The Morgan fingerprint density at radius 2 is 1.89 bits per heavy atom. The lowest BCUT2D eigenvalue weighted by Crippen LogP contribution is -2.22. The van der Waals surface area contributed by atoms with E-state index in [0.717, 1.165) is 0 Å². The van der Waals surface area contributed by atoms with Gasteiger partial charge >= 0.3 is 0 Å². The number of amides is 2. The molecule has 27 heavy (non-hydrogen) atoms. The second-order valence-electron chi connectivity index (χ2n) is 6.13. The Morgan fingerprint density at radius 1 is 1.19 bits per heavy atom. The number of hydrogen-bond acceptors (Lipinski definition) is 5. The van der Waals surface area contributed by atoms with Gasteiger partial charge in [-0.25, -0.2) is 0 Å². The number of carbonyl (C=O) groups is 2. The first-order valence-electron chi connectivity index (χ1n) is 8.06. The summed E-state index contributed by atoms with van der Waals surface area (Å²) < 4.78 is 1.40. The van der Waals surface area contributed by atoms with Crippen LogP contribution in [0.2, 0.25) is 0 Å². The molecule has 9 nitrogen and oxygen atoms in total. The summed E-state index contributed by atoms with van der Waals surface area (Å²) in [4.78, 5) is 36.1. The number of anilines is 1. The predicted molar refractivity (Wildman–Crippen MR) is 99.5 cm³/mol. The van der Waals surface area contributed by atoms with Gasteiger partial charge in [0.25, 0.3) is 11.6 Å². The largest absolute Gasteiger partial charge is 0.345 e. The molecule has 1 N–H and O–H groups in total. The van der Waals surface area contributed by atoms with Crippen molar-refractivity contribution in [1.29, 1.82) is 0 Å². The molecule has 0 saturated carbocycles. The van der Waals surface area contributed by atoms with E-state index in [2.05, 4.69) is 10.4 Å². The van der Waals surface area contributed by atoms with E-state index in [4.69, 9.17) is 0 Å². The maximum atomic E-state index is 12.3. The Hall–Kier alpha value is -3.75. The van der Waals surface area contributed by atoms with Crippen LogP contribution in [0.15, 0.2) is 48.7 Å². The van der Waals surface area contributed by atoms with E-state index >= 15 is 0 Å². The number of nitrogens with zero attached hydrogens (tertiary/aromatic N) is 4. The standard InChI is InChI=1S/C18H17N5O4/c1-21(2)18(25)12-3-6-14(7-4-12)20-17(24)11-22-16-9-15(23(26)27)8-5-13(16)10-19-22/h3-10H,11H2,1-2H3,(H,20,24). The third kappa shape index (κ3) is 3.92. The fraction of sp³-hybridized carbons (Fsp3) is 0.167. The number of fused-ring (bicyclic) bond motifs is 1. The Morgan fingerprint density at radius 3 is 2.52 bits per heavy atom. The van der Waals surface area contributed by atoms with Crippen LogP contribution in [0.25, 0.3) is 10.9 Å². The first-order valence-corrected chi connectivity index (χ1v) is 8.06. The summed E-state index contributed by atoms with van der Waals surface area (Å²) in [7, 11) is 3.33. The lowest BCUT2D eigenvalue weighted by atomic mass is 10.2. The molecule has 1 aromatic heterocycles. The second-order valence-corrected chi connectivity index (χ2v) is 6.13. The summed E-state index contributed by atoms with van der Waals surface area (Å²) in [5.41, 5.74) is 1.50. The number of aromatic nitrogens is 2. The monoisotopic (exact) mass is 367 g/mol. The van der Waals surface area contributed by atoms with E-state index in [9.17, 15) is 19.7 Å². The second kappa shape index (κ2) is 7.24. The summed E-state index contributed by atoms with van der Waals surface area (Å²) in [6.45, 7) is -0.0942. The van der Waals surface area contributed by atoms with Crippen LogP contribution in [0, 0.1) is 10.1 Å². The molecule has 138 valence electrons. The summed E-state index contributed by atoms with van der Waals surface area (Å²) in [6, 6.07) is 10.9. The number of rotatable bonds is 5. The number of nitrogens with one attached hydrogen (secondary N) is 1. The maximum Gasteiger partial charge on any atom is 0.271 e. The Balaban J connectivity index is 1.72. The van der Waals surface area contributed by atoms with E-state index in [-0.39, 0.29) is 24.0 Å². The molecule has 0 aliphatic heterocycles. The molecule has 0 spiro atoms. The van der Waals surface area contributed by atoms with Crippen molar-refractivity contribution < 1.29 is 14.5 Å². The number of hydrogen-bond donors (Lipinski definition) is 1. The quantitative estimate of drug-likeness (QED) is 0.549. The summed E-state index contributed by atoms with van der Waals surface area (Å²) in [6.07, 6.45) is 1.55. The van der Waals surface area contributed by atoms with E-state index in [1.54, 1.807) is 50.6 Å². The van der Waals surface area contributed by atoms with Gasteiger partial charge in [-0.3, -0.25) is 24.4 Å². The molecular formula is C18H17N5O4. The van der Waals surface area contributed by atoms with Crippen LogP contribution >= 0.6 is 0 Å². The van der Waals surface area contributed by atoms with Gasteiger partial charge in [-0.15, -0.1) is 0 Å². The van der Waals surface area contributed by atoms with E-state index in [1.165, 1.54) is 21.7 Å². The van der Waals surface area contributed by atoms with Crippen molar-refractivity contribution in [1.82, 2.24) is 14.7 Å². The fourth-order valence-corrected chi connectivity index (χ4v) is 2.59. The molecule has 3 rings (SSSR count). The maximum absolute atomic E-state index is 12.3. The Kier molecular flexibility index (Phi) is 4.84. The van der Waals surface area contributed by atoms with Gasteiger partial charge in [0.15, 0.2) is 0 Å². The van der Waals surface area contributed by atoms with E-state index in [1.807, 2.05) is 0 Å². The van der Waals surface area contributed by atoms with Crippen LogP contribution in [0.5, 0.6) is 0 Å². The van der Waals surface area contributed by atoms with Crippen molar-refractivity contribution in [2.75, 3.05) is 19.4 Å². The third-order valence-electron chi connectivity index (χ3n) is 3.95. The lowest BCUT2D eigenvalue weighted by Gasteiger charge is -2.11. The highest BCUT2D eigenvalue weighted by molar-refractivity contribution is 5.95. The minimum atomic E-state index is -0.493. The number of nitro groups is 1. The van der Waals surface area contributed by atoms with Gasteiger partial charge in [-0.1, -0.05) is 0 Å². The number of non-ortho nitro benzene ring substituents is 1. The van der Waals surface area contributed by atoms with Crippen molar-refractivity contribution in [3.63, 3.8) is 0 Å². The van der Waals surface area contributed by atoms with E-state index in [0.29, 0.717) is 22.2 Å². The molecule has 2 amide bonds. The molecule has 0 radical (unpaired) electrons. The minimum absolute atomic E-state index is 0.0641. The average Bonchev–Trinajstić information content (AvgIpc) is 3.03. The van der Waals surface area contributed by atoms with Crippen molar-refractivity contribution in [3.8, 4) is 0 Å². The molecule has 0 aliphatic rings. The van der Waals surface area contributed by atoms with Crippen molar-refractivity contribution in [2.24, 2.45) is 0 Å². The van der Waals surface area contributed by atoms with Crippen LogP contribution in [0.4, 0.5) is 11.4 Å². The molecule has 0 bridgehead atoms. The molecule has 0 aliphatic carbocycles. The summed E-state index contributed by atoms with van der Waals surface area (Å²) in [5, 5.41) is 18.5. The Labute approximate surface area is 154 Å². The molecule has 9 heteroatoms. The topological polar surface area (TPSA) is 110 Å². The normalized spacial score (nSPS) is 10.6. The minimum Gasteiger partial charge on any atom is -0.345 e. The third-order valence-corrected chi connectivity index (χ3v) is 3.95. The summed E-state index contributed by atoms with van der Waals surface area (Å²) >= 11 is 0. The van der Waals surface area contributed by atoms with Crippen LogP contribution < -0.4 is 5.32 Å². The predicted octanol–water partition coefficient (Wildman–Crippen LogP) is 2.29. The first kappa shape index (κ1) is 18.1. The number of nitro benzene ring substituents is 1. The molecule has 0 atom stereocenters. The molecular weight excluding hydrogens is 350 g/mol. The van der Waals surface area contributed by atoms with Gasteiger partial charge in [-0.2, -0.15) is 5.10 Å². The van der Waals surface area contributed by atoms with Gasteiger partial charge in [0.05, 0.1) is 16.6 Å². The lowest BCUT2D eigenvalue weighted by molar-refractivity contribution is -0.384. The zero-order valence-corrected chi connectivity index (χ0v) is 14.7. The molecule has 0 fully saturated rings. The van der Waals surface area contributed by atoms with Gasteiger partial charge < -0.3 is 10.2 Å². The fourth-order valence-electron chi connectivity index (χ4n) is 2.59. The van der Waals surface area contributed by atoms with Crippen molar-refractivity contribution in [2.45, 2.75) is 6.54 Å². The van der Waals surface area contributed by atoms with Crippen molar-refractivity contribution in [3.05, 3.63) is 64.3 Å². The van der Waals surface area contributed by atoms with Gasteiger partial charge in [0.1, 0.15) is 6.54 Å². The highest BCUT2D eigenvalue weighted by Crippen LogP contribution is 2.20. The van der Waals surface area contributed by atoms with Gasteiger partial charge in [0, 0.05) is 42.9 Å². The highest BCUT2D eigenvalue weighted by Gasteiger charge is 2.13. The van der Waals surface area contributed by atoms with Gasteiger partial charge in [0.2, 0.25) is 5.91 Å². The number of benzene rings is 2. The molecule has 0 saturated heterocycles. The van der Waals surface area contributed by atoms with Crippen LogP contribution in [0.3, 0.4) is 0 Å². The molecule has 0 unspecified atom stereocenters. The average molecular weight is 367 g/mol. The zero-order chi connectivity index (χ0) is 19.6. The van der Waals surface area contributed by atoms with E-state index < -0.39 is 4.92 Å². The molecule has 1 heterocycles. The molecule has 3 aromatic rings. The van der Waals surface area contributed by atoms with Crippen molar-refractivity contribution >= 4 is 34.1 Å². The number of carbonyl (C=O) groups excluding carboxylic acids is 2. The SMILES string of the molecule is CN(C)C(=O)c1ccc(NC(=O)Cn2ncc3ccc([N+](=O)[O-])cc32)cc1. The van der Waals surface area contributed by atoms with Crippen LogP contribution in [0.1, 0.15) is 10.4 Å². The van der Waals surface area contributed by atoms with Crippen LogP contribution in [-0.4, -0.2) is 45.5 Å². The van der Waals surface area contributed by atoms with Gasteiger partial charge in [-0.05, 0) is 30.3 Å².